The molecule has 1 fully saturated rings. The maximum atomic E-state index is 13.1. The van der Waals surface area contributed by atoms with Crippen LogP contribution in [0.4, 0.5) is 4.39 Å². The summed E-state index contributed by atoms with van der Waals surface area (Å²) < 4.78 is 13.1. The van der Waals surface area contributed by atoms with Crippen molar-refractivity contribution in [2.24, 2.45) is 0 Å². The molecule has 5 heteroatoms. The molecule has 0 bridgehead atoms. The maximum absolute atomic E-state index is 13.1. The molecule has 1 aromatic rings. The first-order valence-electron chi connectivity index (χ1n) is 7.01. The second-order valence-corrected chi connectivity index (χ2v) is 5.34. The van der Waals surface area contributed by atoms with Crippen molar-refractivity contribution in [2.75, 3.05) is 39.8 Å². The van der Waals surface area contributed by atoms with E-state index < -0.39 is 0 Å². The molecular weight excluding hydrogens is 257 g/mol. The molecule has 1 amide bonds. The Balaban J connectivity index is 1.81. The van der Waals surface area contributed by atoms with Gasteiger partial charge in [-0.2, -0.15) is 0 Å². The highest BCUT2D eigenvalue weighted by Gasteiger charge is 2.19. The van der Waals surface area contributed by atoms with E-state index in [2.05, 4.69) is 17.3 Å². The van der Waals surface area contributed by atoms with Gasteiger partial charge in [-0.25, -0.2) is 4.39 Å². The molecule has 20 heavy (non-hydrogen) atoms. The Kier molecular flexibility index (Phi) is 5.09. The van der Waals surface area contributed by atoms with Crippen LogP contribution in [0.5, 0.6) is 0 Å². The molecule has 110 valence electrons. The standard InChI is InChI=1S/C15H22FN3O/c1-12(13-4-3-5-14(16)10-13)17-11-15(20)19-8-6-18(2)7-9-19/h3-5,10,12,17H,6-9,11H2,1-2H3/t12-/m0/s1. The van der Waals surface area contributed by atoms with Gasteiger partial charge in [0.25, 0.3) is 0 Å². The second kappa shape index (κ2) is 6.81. The van der Waals surface area contributed by atoms with Gasteiger partial charge in [-0.3, -0.25) is 4.79 Å². The van der Waals surface area contributed by atoms with Crippen molar-refractivity contribution in [1.29, 1.82) is 0 Å². The number of hydrogen-bond donors (Lipinski definition) is 1. The van der Waals surface area contributed by atoms with Crippen molar-refractivity contribution < 1.29 is 9.18 Å². The summed E-state index contributed by atoms with van der Waals surface area (Å²) in [6.07, 6.45) is 0. The molecule has 0 aromatic heterocycles. The zero-order valence-electron chi connectivity index (χ0n) is 12.1. The molecule has 0 unspecified atom stereocenters. The highest BCUT2D eigenvalue weighted by Crippen LogP contribution is 2.13. The number of nitrogens with one attached hydrogen (secondary N) is 1. The van der Waals surface area contributed by atoms with Crippen LogP contribution in [0.25, 0.3) is 0 Å². The third kappa shape index (κ3) is 4.02. The first kappa shape index (κ1) is 14.9. The minimum absolute atomic E-state index is 0.0397. The van der Waals surface area contributed by atoms with E-state index in [0.717, 1.165) is 31.7 Å². The third-order valence-electron chi connectivity index (χ3n) is 3.76. The Morgan fingerprint density at radius 3 is 2.70 bits per heavy atom. The molecule has 1 aliphatic heterocycles. The monoisotopic (exact) mass is 279 g/mol. The van der Waals surface area contributed by atoms with Gasteiger partial charge >= 0.3 is 0 Å². The van der Waals surface area contributed by atoms with E-state index in [1.807, 2.05) is 17.9 Å². The number of carbonyl (C=O) groups excluding carboxylic acids is 1. The summed E-state index contributed by atoms with van der Waals surface area (Å²) in [5, 5.41) is 3.16. The molecule has 0 aliphatic carbocycles. The highest BCUT2D eigenvalue weighted by atomic mass is 19.1. The molecule has 4 nitrogen and oxygen atoms in total. The lowest BCUT2D eigenvalue weighted by molar-refractivity contribution is -0.131. The van der Waals surface area contributed by atoms with Gasteiger partial charge < -0.3 is 15.1 Å². The summed E-state index contributed by atoms with van der Waals surface area (Å²) in [5.74, 6) is -0.136. The normalized spacial score (nSPS) is 18.1. The molecule has 0 saturated carbocycles. The van der Waals surface area contributed by atoms with Crippen molar-refractivity contribution in [1.82, 2.24) is 15.1 Å². The Labute approximate surface area is 119 Å². The molecule has 1 heterocycles. The van der Waals surface area contributed by atoms with E-state index in [1.165, 1.54) is 12.1 Å². The van der Waals surface area contributed by atoms with E-state index in [1.54, 1.807) is 6.07 Å². The van der Waals surface area contributed by atoms with Crippen molar-refractivity contribution in [3.05, 3.63) is 35.6 Å². The lowest BCUT2D eigenvalue weighted by atomic mass is 10.1. The first-order chi connectivity index (χ1) is 9.56. The lowest BCUT2D eigenvalue weighted by Gasteiger charge is -2.32. The lowest BCUT2D eigenvalue weighted by Crippen LogP contribution is -2.49. The predicted molar refractivity (Wildman–Crippen MR) is 76.9 cm³/mol. The fourth-order valence-electron chi connectivity index (χ4n) is 2.30. The molecule has 1 N–H and O–H groups in total. The summed E-state index contributed by atoms with van der Waals surface area (Å²) in [6, 6.07) is 6.43. The number of piperazine rings is 1. The van der Waals surface area contributed by atoms with E-state index >= 15 is 0 Å². The van der Waals surface area contributed by atoms with E-state index in [0.29, 0.717) is 6.54 Å². The third-order valence-corrected chi connectivity index (χ3v) is 3.76. The highest BCUT2D eigenvalue weighted by molar-refractivity contribution is 5.78. The minimum Gasteiger partial charge on any atom is -0.339 e. The summed E-state index contributed by atoms with van der Waals surface area (Å²) in [6.45, 7) is 5.64. The summed E-state index contributed by atoms with van der Waals surface area (Å²) in [5.41, 5.74) is 0.858. The molecular formula is C15H22FN3O. The average Bonchev–Trinajstić information content (AvgIpc) is 2.45. The van der Waals surface area contributed by atoms with Gasteiger partial charge in [-0.05, 0) is 31.7 Å². The fraction of sp³-hybridized carbons (Fsp3) is 0.533. The molecule has 0 radical (unpaired) electrons. The Morgan fingerprint density at radius 2 is 2.05 bits per heavy atom. The fourth-order valence-corrected chi connectivity index (χ4v) is 2.30. The van der Waals surface area contributed by atoms with Crippen LogP contribution in [-0.4, -0.2) is 55.5 Å². The maximum Gasteiger partial charge on any atom is 0.236 e. The van der Waals surface area contributed by atoms with Crippen LogP contribution in [0.1, 0.15) is 18.5 Å². The Morgan fingerprint density at radius 1 is 1.35 bits per heavy atom. The molecule has 0 spiro atoms. The molecule has 1 atom stereocenters. The van der Waals surface area contributed by atoms with Crippen LogP contribution < -0.4 is 5.32 Å². The quantitative estimate of drug-likeness (QED) is 0.901. The number of carbonyl (C=O) groups is 1. The molecule has 2 rings (SSSR count). The minimum atomic E-state index is -0.249. The number of amides is 1. The smallest absolute Gasteiger partial charge is 0.236 e. The number of likely N-dealkylation sites (N-methyl/N-ethyl adjacent to an activating group) is 1. The van der Waals surface area contributed by atoms with Crippen molar-refractivity contribution in [3.8, 4) is 0 Å². The van der Waals surface area contributed by atoms with Gasteiger partial charge in [0.05, 0.1) is 6.54 Å². The van der Waals surface area contributed by atoms with Crippen molar-refractivity contribution in [2.45, 2.75) is 13.0 Å². The van der Waals surface area contributed by atoms with Crippen molar-refractivity contribution >= 4 is 5.91 Å². The number of benzene rings is 1. The number of nitrogens with zero attached hydrogens (tertiary/aromatic N) is 2. The van der Waals surface area contributed by atoms with Crippen LogP contribution in [-0.2, 0) is 4.79 Å². The van der Waals surface area contributed by atoms with Crippen LogP contribution >= 0.6 is 0 Å². The topological polar surface area (TPSA) is 35.6 Å². The van der Waals surface area contributed by atoms with Crippen LogP contribution in [0, 0.1) is 5.82 Å². The van der Waals surface area contributed by atoms with Crippen LogP contribution in [0.15, 0.2) is 24.3 Å². The van der Waals surface area contributed by atoms with Gasteiger partial charge in [-0.15, -0.1) is 0 Å². The number of hydrogen-bond acceptors (Lipinski definition) is 3. The van der Waals surface area contributed by atoms with Gasteiger partial charge in [0.1, 0.15) is 5.82 Å². The van der Waals surface area contributed by atoms with Gasteiger partial charge in [-0.1, -0.05) is 12.1 Å². The van der Waals surface area contributed by atoms with Gasteiger partial charge in [0.2, 0.25) is 5.91 Å². The first-order valence-corrected chi connectivity index (χ1v) is 7.01. The summed E-state index contributed by atoms with van der Waals surface area (Å²) >= 11 is 0. The van der Waals surface area contributed by atoms with E-state index in [-0.39, 0.29) is 17.8 Å². The summed E-state index contributed by atoms with van der Waals surface area (Å²) in [7, 11) is 2.06. The zero-order valence-corrected chi connectivity index (χ0v) is 12.1. The van der Waals surface area contributed by atoms with E-state index in [4.69, 9.17) is 0 Å². The molecule has 1 aliphatic rings. The van der Waals surface area contributed by atoms with Crippen LogP contribution in [0.3, 0.4) is 0 Å². The molecule has 1 saturated heterocycles. The zero-order chi connectivity index (χ0) is 14.5. The predicted octanol–water partition coefficient (Wildman–Crippen LogP) is 1.25. The second-order valence-electron chi connectivity index (χ2n) is 5.34. The largest absolute Gasteiger partial charge is 0.339 e. The number of halogens is 1. The Bertz CT molecular complexity index is 458. The average molecular weight is 279 g/mol. The SMILES string of the molecule is C[C@H](NCC(=O)N1CCN(C)CC1)c1cccc(F)c1. The number of rotatable bonds is 4. The van der Waals surface area contributed by atoms with Gasteiger partial charge in [0, 0.05) is 32.2 Å². The summed E-state index contributed by atoms with van der Waals surface area (Å²) in [4.78, 5) is 16.2. The van der Waals surface area contributed by atoms with E-state index in [9.17, 15) is 9.18 Å². The van der Waals surface area contributed by atoms with Gasteiger partial charge in [0.15, 0.2) is 0 Å². The Hall–Kier alpha value is -1.46. The van der Waals surface area contributed by atoms with Crippen LogP contribution in [0.2, 0.25) is 0 Å². The molecule has 1 aromatic carbocycles. The van der Waals surface area contributed by atoms with Crippen molar-refractivity contribution in [3.63, 3.8) is 0 Å².